The molecule has 2 aromatic rings. The molecule has 0 fully saturated rings. The van der Waals surface area contributed by atoms with Crippen molar-refractivity contribution in [1.29, 1.82) is 0 Å². The highest BCUT2D eigenvalue weighted by Crippen LogP contribution is 2.20. The van der Waals surface area contributed by atoms with Gasteiger partial charge in [0.15, 0.2) is 0 Å². The lowest BCUT2D eigenvalue weighted by Gasteiger charge is -2.18. The molecule has 138 valence electrons. The third-order valence-electron chi connectivity index (χ3n) is 3.82. The Morgan fingerprint density at radius 1 is 1.15 bits per heavy atom. The highest BCUT2D eigenvalue weighted by Gasteiger charge is 2.23. The molecule has 0 radical (unpaired) electrons. The van der Waals surface area contributed by atoms with E-state index in [1.54, 1.807) is 31.2 Å². The van der Waals surface area contributed by atoms with Gasteiger partial charge in [-0.05, 0) is 48.9 Å². The Bertz CT molecular complexity index is 763. The zero-order valence-corrected chi connectivity index (χ0v) is 14.4. The predicted octanol–water partition coefficient (Wildman–Crippen LogP) is 2.59. The van der Waals surface area contributed by atoms with Gasteiger partial charge in [0.25, 0.3) is 0 Å². The second-order valence-corrected chi connectivity index (χ2v) is 5.64. The van der Waals surface area contributed by atoms with Gasteiger partial charge in [-0.3, -0.25) is 4.79 Å². The van der Waals surface area contributed by atoms with Crippen molar-refractivity contribution in [3.8, 4) is 11.5 Å². The molecule has 2 aromatic carbocycles. The van der Waals surface area contributed by atoms with Crippen LogP contribution in [0.2, 0.25) is 0 Å². The number of carboxylic acid groups (broad SMARTS) is 1. The molecule has 2 N–H and O–H groups in total. The fourth-order valence-corrected chi connectivity index (χ4v) is 2.27. The molecule has 0 saturated heterocycles. The largest absolute Gasteiger partial charge is 0.497 e. The summed E-state index contributed by atoms with van der Waals surface area (Å²) in [6.07, 6.45) is -1.29. The molecule has 0 aromatic heterocycles. The standard InChI is InChI=1S/C19H20FNO5/c1-12(13-4-3-5-16(10-13)25-2)18(22)21-11-17(19(23)24)26-15-8-6-14(20)7-9-15/h3-10,12,17H,11H2,1-2H3,(H,21,22)(H,23,24). The average molecular weight is 361 g/mol. The molecular weight excluding hydrogens is 341 g/mol. The first-order chi connectivity index (χ1) is 12.4. The molecule has 2 unspecified atom stereocenters. The van der Waals surface area contributed by atoms with Crippen molar-refractivity contribution in [3.05, 3.63) is 59.9 Å². The second-order valence-electron chi connectivity index (χ2n) is 5.64. The average Bonchev–Trinajstić information content (AvgIpc) is 2.65. The molecule has 0 aliphatic heterocycles. The maximum atomic E-state index is 12.9. The van der Waals surface area contributed by atoms with E-state index in [-0.39, 0.29) is 18.2 Å². The van der Waals surface area contributed by atoms with Gasteiger partial charge in [-0.25, -0.2) is 9.18 Å². The maximum Gasteiger partial charge on any atom is 0.346 e. The van der Waals surface area contributed by atoms with Crippen LogP contribution < -0.4 is 14.8 Å². The Kier molecular flexibility index (Phi) is 6.54. The number of amides is 1. The van der Waals surface area contributed by atoms with Gasteiger partial charge in [0.2, 0.25) is 12.0 Å². The van der Waals surface area contributed by atoms with Crippen molar-refractivity contribution < 1.29 is 28.6 Å². The fraction of sp³-hybridized carbons (Fsp3) is 0.263. The maximum absolute atomic E-state index is 12.9. The number of ether oxygens (including phenoxy) is 2. The van der Waals surface area contributed by atoms with Gasteiger partial charge in [-0.2, -0.15) is 0 Å². The zero-order valence-electron chi connectivity index (χ0n) is 14.4. The molecule has 0 heterocycles. The molecule has 26 heavy (non-hydrogen) atoms. The number of hydrogen-bond acceptors (Lipinski definition) is 4. The topological polar surface area (TPSA) is 84.9 Å². The van der Waals surface area contributed by atoms with Crippen LogP contribution in [0.4, 0.5) is 4.39 Å². The lowest BCUT2D eigenvalue weighted by molar-refractivity contribution is -0.145. The number of benzene rings is 2. The van der Waals surface area contributed by atoms with Crippen LogP contribution in [-0.2, 0) is 9.59 Å². The normalized spacial score (nSPS) is 12.7. The molecule has 1 amide bonds. The van der Waals surface area contributed by atoms with Crippen molar-refractivity contribution in [3.63, 3.8) is 0 Å². The van der Waals surface area contributed by atoms with Gasteiger partial charge in [-0.1, -0.05) is 12.1 Å². The third-order valence-corrected chi connectivity index (χ3v) is 3.82. The van der Waals surface area contributed by atoms with Crippen LogP contribution in [0.25, 0.3) is 0 Å². The van der Waals surface area contributed by atoms with Gasteiger partial charge in [-0.15, -0.1) is 0 Å². The summed E-state index contributed by atoms with van der Waals surface area (Å²) in [5.41, 5.74) is 0.744. The van der Waals surface area contributed by atoms with Crippen molar-refractivity contribution in [2.75, 3.05) is 13.7 Å². The number of nitrogens with one attached hydrogen (secondary N) is 1. The van der Waals surface area contributed by atoms with Crippen LogP contribution >= 0.6 is 0 Å². The molecule has 6 nitrogen and oxygen atoms in total. The van der Waals surface area contributed by atoms with Crippen molar-refractivity contribution >= 4 is 11.9 Å². The molecule has 0 spiro atoms. The van der Waals surface area contributed by atoms with E-state index in [9.17, 15) is 19.1 Å². The number of carbonyl (C=O) groups excluding carboxylic acids is 1. The molecular formula is C19H20FNO5. The number of halogens is 1. The van der Waals surface area contributed by atoms with Crippen LogP contribution in [0.15, 0.2) is 48.5 Å². The highest BCUT2D eigenvalue weighted by molar-refractivity contribution is 5.84. The van der Waals surface area contributed by atoms with E-state index in [1.807, 2.05) is 0 Å². The highest BCUT2D eigenvalue weighted by atomic mass is 19.1. The minimum absolute atomic E-state index is 0.203. The quantitative estimate of drug-likeness (QED) is 0.755. The summed E-state index contributed by atoms with van der Waals surface area (Å²) in [7, 11) is 1.54. The Hall–Kier alpha value is -3.09. The summed E-state index contributed by atoms with van der Waals surface area (Å²) >= 11 is 0. The summed E-state index contributed by atoms with van der Waals surface area (Å²) in [4.78, 5) is 23.7. The SMILES string of the molecule is COc1cccc(C(C)C(=O)NCC(Oc2ccc(F)cc2)C(=O)O)c1. The zero-order chi connectivity index (χ0) is 19.1. The molecule has 0 aliphatic carbocycles. The van der Waals surface area contributed by atoms with E-state index >= 15 is 0 Å². The third kappa shape index (κ3) is 5.20. The van der Waals surface area contributed by atoms with Crippen molar-refractivity contribution in [1.82, 2.24) is 5.32 Å². The van der Waals surface area contributed by atoms with E-state index in [1.165, 1.54) is 19.2 Å². The number of carbonyl (C=O) groups is 2. The molecule has 7 heteroatoms. The predicted molar refractivity (Wildman–Crippen MR) is 92.9 cm³/mol. The number of hydrogen-bond donors (Lipinski definition) is 2. The van der Waals surface area contributed by atoms with Gasteiger partial charge < -0.3 is 19.9 Å². The van der Waals surface area contributed by atoms with E-state index < -0.39 is 23.8 Å². The minimum atomic E-state index is -1.29. The van der Waals surface area contributed by atoms with Crippen molar-refractivity contribution in [2.24, 2.45) is 0 Å². The number of rotatable bonds is 8. The molecule has 0 aliphatic rings. The minimum Gasteiger partial charge on any atom is -0.497 e. The first kappa shape index (κ1) is 19.2. The Morgan fingerprint density at radius 2 is 1.85 bits per heavy atom. The van der Waals surface area contributed by atoms with Crippen LogP contribution in [0.5, 0.6) is 11.5 Å². The lowest BCUT2D eigenvalue weighted by Crippen LogP contribution is -2.41. The Labute approximate surface area is 150 Å². The van der Waals surface area contributed by atoms with Crippen LogP contribution in [0, 0.1) is 5.82 Å². The van der Waals surface area contributed by atoms with Crippen LogP contribution in [0.3, 0.4) is 0 Å². The first-order valence-electron chi connectivity index (χ1n) is 7.97. The summed E-state index contributed by atoms with van der Waals surface area (Å²) in [5, 5.41) is 11.8. The van der Waals surface area contributed by atoms with Gasteiger partial charge >= 0.3 is 5.97 Å². The molecule has 2 atom stereocenters. The fourth-order valence-electron chi connectivity index (χ4n) is 2.27. The van der Waals surface area contributed by atoms with E-state index in [4.69, 9.17) is 9.47 Å². The van der Waals surface area contributed by atoms with Crippen molar-refractivity contribution in [2.45, 2.75) is 18.9 Å². The van der Waals surface area contributed by atoms with E-state index in [0.29, 0.717) is 5.75 Å². The molecule has 2 rings (SSSR count). The summed E-state index contributed by atoms with van der Waals surface area (Å²) < 4.78 is 23.3. The number of aliphatic carboxylic acids is 1. The van der Waals surface area contributed by atoms with Gasteiger partial charge in [0, 0.05) is 0 Å². The van der Waals surface area contributed by atoms with Gasteiger partial charge in [0.05, 0.1) is 19.6 Å². The van der Waals surface area contributed by atoms with Crippen LogP contribution in [-0.4, -0.2) is 36.7 Å². The van der Waals surface area contributed by atoms with E-state index in [0.717, 1.165) is 17.7 Å². The summed E-state index contributed by atoms with van der Waals surface area (Å²) in [5.74, 6) is -1.69. The molecule has 0 saturated carbocycles. The number of carboxylic acids is 1. The lowest BCUT2D eigenvalue weighted by atomic mass is 10.00. The number of methoxy groups -OCH3 is 1. The Balaban J connectivity index is 1.97. The van der Waals surface area contributed by atoms with Gasteiger partial charge in [0.1, 0.15) is 17.3 Å². The summed E-state index contributed by atoms with van der Waals surface area (Å²) in [6, 6.07) is 12.1. The first-order valence-corrected chi connectivity index (χ1v) is 7.97. The second kappa shape index (κ2) is 8.84. The smallest absolute Gasteiger partial charge is 0.346 e. The molecule has 0 bridgehead atoms. The monoisotopic (exact) mass is 361 g/mol. The van der Waals surface area contributed by atoms with Crippen LogP contribution in [0.1, 0.15) is 18.4 Å². The summed E-state index contributed by atoms with van der Waals surface area (Å²) in [6.45, 7) is 1.49. The van der Waals surface area contributed by atoms with E-state index in [2.05, 4.69) is 5.32 Å². The Morgan fingerprint density at radius 3 is 2.46 bits per heavy atom.